The Bertz CT molecular complexity index is 1990. The first-order chi connectivity index (χ1) is 20.2. The molecular formula is C30H29F2N7O3. The second kappa shape index (κ2) is 9.48. The smallest absolute Gasteiger partial charge is 0.341 e. The van der Waals surface area contributed by atoms with Crippen molar-refractivity contribution in [3.05, 3.63) is 58.1 Å². The maximum atomic E-state index is 15.7. The molecule has 1 aliphatic heterocycles. The van der Waals surface area contributed by atoms with Crippen LogP contribution < -0.4 is 15.6 Å². The summed E-state index contributed by atoms with van der Waals surface area (Å²) in [5.41, 5.74) is 2.18. The Labute approximate surface area is 238 Å². The summed E-state index contributed by atoms with van der Waals surface area (Å²) in [6.07, 6.45) is 6.53. The average molecular weight is 574 g/mol. The number of rotatable bonds is 5. The van der Waals surface area contributed by atoms with Crippen molar-refractivity contribution >= 4 is 50.3 Å². The largest absolute Gasteiger partial charge is 0.477 e. The minimum absolute atomic E-state index is 0.0969. The van der Waals surface area contributed by atoms with E-state index in [1.807, 2.05) is 0 Å². The molecule has 42 heavy (non-hydrogen) atoms. The Balaban J connectivity index is 1.52. The van der Waals surface area contributed by atoms with Crippen molar-refractivity contribution in [1.82, 2.24) is 24.8 Å². The summed E-state index contributed by atoms with van der Waals surface area (Å²) in [5.74, 6) is -2.46. The Hall–Kier alpha value is -4.58. The van der Waals surface area contributed by atoms with Crippen molar-refractivity contribution in [3.63, 3.8) is 0 Å². The quantitative estimate of drug-likeness (QED) is 0.243. The first-order valence-electron chi connectivity index (χ1n) is 13.8. The molecule has 4 aromatic heterocycles. The highest BCUT2D eigenvalue weighted by Crippen LogP contribution is 2.48. The minimum Gasteiger partial charge on any atom is -0.477 e. The van der Waals surface area contributed by atoms with E-state index < -0.39 is 28.6 Å². The number of carboxylic acid groups (broad SMARTS) is 1. The van der Waals surface area contributed by atoms with Crippen molar-refractivity contribution in [2.45, 2.75) is 18.9 Å². The number of benzene rings is 1. The zero-order valence-electron chi connectivity index (χ0n) is 23.3. The van der Waals surface area contributed by atoms with E-state index in [2.05, 4.69) is 49.1 Å². The van der Waals surface area contributed by atoms with Gasteiger partial charge in [0, 0.05) is 62.0 Å². The van der Waals surface area contributed by atoms with E-state index >= 15 is 4.39 Å². The van der Waals surface area contributed by atoms with Gasteiger partial charge in [0.25, 0.3) is 0 Å². The van der Waals surface area contributed by atoms with Crippen LogP contribution in [-0.4, -0.2) is 76.2 Å². The van der Waals surface area contributed by atoms with Crippen molar-refractivity contribution < 1.29 is 18.7 Å². The van der Waals surface area contributed by atoms with Crippen LogP contribution in [0.4, 0.5) is 20.2 Å². The number of carbonyl (C=O) groups is 1. The molecule has 3 atom stereocenters. The van der Waals surface area contributed by atoms with Crippen LogP contribution in [0.1, 0.15) is 23.2 Å². The molecule has 0 amide bonds. The zero-order chi connectivity index (χ0) is 29.4. The number of aromatic nitrogens is 4. The lowest BCUT2D eigenvalue weighted by Gasteiger charge is -2.28. The first kappa shape index (κ1) is 26.3. The molecule has 1 aliphatic carbocycles. The van der Waals surface area contributed by atoms with Gasteiger partial charge in [0.15, 0.2) is 11.6 Å². The van der Waals surface area contributed by atoms with E-state index in [0.717, 1.165) is 31.6 Å². The Morgan fingerprint density at radius 3 is 2.64 bits per heavy atom. The van der Waals surface area contributed by atoms with E-state index in [1.54, 1.807) is 25.5 Å². The van der Waals surface area contributed by atoms with Crippen LogP contribution in [0.2, 0.25) is 0 Å². The number of H-pyrrole nitrogens is 2. The highest BCUT2D eigenvalue weighted by Gasteiger charge is 2.44. The maximum absolute atomic E-state index is 15.7. The maximum Gasteiger partial charge on any atom is 0.341 e. The number of nitrogens with one attached hydrogen (secondary N) is 3. The van der Waals surface area contributed by atoms with Crippen LogP contribution in [0.15, 0.2) is 35.5 Å². The van der Waals surface area contributed by atoms with Crippen LogP contribution in [0.25, 0.3) is 44.1 Å². The summed E-state index contributed by atoms with van der Waals surface area (Å²) in [7, 11) is 5.82. The van der Waals surface area contributed by atoms with Gasteiger partial charge in [-0.15, -0.1) is 0 Å². The summed E-state index contributed by atoms with van der Waals surface area (Å²) < 4.78 is 30.6. The normalized spacial score (nSPS) is 20.3. The number of carboxylic acids is 1. The lowest BCUT2D eigenvalue weighted by atomic mass is 9.97. The molecule has 5 heterocycles. The highest BCUT2D eigenvalue weighted by atomic mass is 19.2. The fourth-order valence-corrected chi connectivity index (χ4v) is 7.15. The predicted octanol–water partition coefficient (Wildman–Crippen LogP) is 4.41. The second-order valence-corrected chi connectivity index (χ2v) is 11.5. The fourth-order valence-electron chi connectivity index (χ4n) is 7.15. The first-order valence-corrected chi connectivity index (χ1v) is 13.8. The summed E-state index contributed by atoms with van der Waals surface area (Å²) in [6.45, 7) is 1.45. The predicted molar refractivity (Wildman–Crippen MR) is 157 cm³/mol. The summed E-state index contributed by atoms with van der Waals surface area (Å²) >= 11 is 0. The molecule has 2 fully saturated rings. The molecule has 1 aromatic carbocycles. The van der Waals surface area contributed by atoms with Gasteiger partial charge in [0.05, 0.1) is 33.1 Å². The van der Waals surface area contributed by atoms with Crippen LogP contribution in [-0.2, 0) is 0 Å². The van der Waals surface area contributed by atoms with Crippen LogP contribution in [0.3, 0.4) is 0 Å². The molecule has 12 heteroatoms. The van der Waals surface area contributed by atoms with E-state index in [1.165, 1.54) is 0 Å². The van der Waals surface area contributed by atoms with Crippen molar-refractivity contribution in [2.24, 2.45) is 11.8 Å². The number of hydrogen-bond acceptors (Lipinski definition) is 7. The van der Waals surface area contributed by atoms with E-state index in [0.29, 0.717) is 63.5 Å². The molecule has 1 saturated carbocycles. The Morgan fingerprint density at radius 2 is 1.90 bits per heavy atom. The number of anilines is 2. The Kier molecular flexibility index (Phi) is 5.94. The van der Waals surface area contributed by atoms with Crippen molar-refractivity contribution in [2.75, 3.05) is 44.4 Å². The monoisotopic (exact) mass is 573 g/mol. The van der Waals surface area contributed by atoms with Gasteiger partial charge in [0.1, 0.15) is 16.9 Å². The van der Waals surface area contributed by atoms with Gasteiger partial charge in [-0.2, -0.15) is 0 Å². The third kappa shape index (κ3) is 3.78. The SMILES string of the molecule is CNc1cc(F)c(F)c2c1[nH]c1ncc(-c3cnc4[nH]cc(C(=O)O)c(=O)c4c3)c(N3CC4CCC(N(C)C)C4C3)c12. The minimum atomic E-state index is -1.34. The number of pyridine rings is 3. The lowest BCUT2D eigenvalue weighted by molar-refractivity contribution is 0.0695. The van der Waals surface area contributed by atoms with Gasteiger partial charge in [-0.05, 0) is 44.8 Å². The van der Waals surface area contributed by atoms with Crippen LogP contribution in [0.5, 0.6) is 0 Å². The van der Waals surface area contributed by atoms with Gasteiger partial charge >= 0.3 is 5.97 Å². The molecule has 5 aromatic rings. The van der Waals surface area contributed by atoms with Gasteiger partial charge < -0.3 is 30.2 Å². The van der Waals surface area contributed by atoms with Crippen LogP contribution >= 0.6 is 0 Å². The topological polar surface area (TPSA) is 130 Å². The van der Waals surface area contributed by atoms with Crippen molar-refractivity contribution in [1.29, 1.82) is 0 Å². The van der Waals surface area contributed by atoms with Crippen molar-refractivity contribution in [3.8, 4) is 11.1 Å². The third-order valence-electron chi connectivity index (χ3n) is 9.10. The second-order valence-electron chi connectivity index (χ2n) is 11.5. The molecule has 7 rings (SSSR count). The molecule has 3 unspecified atom stereocenters. The standard InChI is InChI=1S/C30H29F2N7O3/c1-33-20-7-19(31)24(32)22-23-26(39-11-13-4-5-21(38(2)3)18(13)12-39)16(9-36-29(23)37-25(20)22)14-6-15-27(40)17(30(41)42)10-35-28(15)34-8-14/h6-10,13,18,21,33H,4-5,11-12H2,1-3H3,(H,36,37)(H,41,42)(H,34,35,40). The number of aromatic carboxylic acids is 1. The number of hydrogen-bond donors (Lipinski definition) is 4. The number of nitrogens with zero attached hydrogens (tertiary/aromatic N) is 4. The molecule has 0 bridgehead atoms. The van der Waals surface area contributed by atoms with E-state index in [9.17, 15) is 19.1 Å². The summed E-state index contributed by atoms with van der Waals surface area (Å²) in [6, 6.07) is 3.11. The number of aromatic amines is 2. The molecule has 10 nitrogen and oxygen atoms in total. The average Bonchev–Trinajstić information content (AvgIpc) is 3.67. The number of halogens is 2. The molecule has 0 radical (unpaired) electrons. The van der Waals surface area contributed by atoms with Gasteiger partial charge in [0.2, 0.25) is 5.43 Å². The number of fused-ring (bicyclic) bond motifs is 5. The Morgan fingerprint density at radius 1 is 1.12 bits per heavy atom. The summed E-state index contributed by atoms with van der Waals surface area (Å²) in [5, 5.41) is 13.1. The zero-order valence-corrected chi connectivity index (χ0v) is 23.3. The molecule has 1 saturated heterocycles. The van der Waals surface area contributed by atoms with Gasteiger partial charge in [-0.3, -0.25) is 4.79 Å². The molecule has 0 spiro atoms. The lowest BCUT2D eigenvalue weighted by Crippen LogP contribution is -2.35. The highest BCUT2D eigenvalue weighted by molar-refractivity contribution is 6.18. The van der Waals surface area contributed by atoms with E-state index in [4.69, 9.17) is 0 Å². The van der Waals surface area contributed by atoms with Crippen LogP contribution in [0, 0.1) is 23.5 Å². The molecule has 2 aliphatic rings. The molecule has 216 valence electrons. The third-order valence-corrected chi connectivity index (χ3v) is 9.10. The fraction of sp³-hybridized carbons (Fsp3) is 0.333. The molecular weight excluding hydrogens is 544 g/mol. The summed E-state index contributed by atoms with van der Waals surface area (Å²) in [4.78, 5) is 44.2. The van der Waals surface area contributed by atoms with E-state index in [-0.39, 0.29) is 16.4 Å². The molecule has 4 N–H and O–H groups in total. The van der Waals surface area contributed by atoms with Gasteiger partial charge in [-0.25, -0.2) is 23.5 Å². The van der Waals surface area contributed by atoms with Gasteiger partial charge in [-0.1, -0.05) is 0 Å².